The van der Waals surface area contributed by atoms with Crippen molar-refractivity contribution < 1.29 is 43.9 Å². The lowest BCUT2D eigenvalue weighted by Crippen LogP contribution is -2.61. The molecule has 1 saturated heterocycles. The normalized spacial score (nSPS) is 18.6. The number of hydrogen-bond donors (Lipinski definition) is 5. The number of tetrazole rings is 1. The number of aromatic amines is 1. The van der Waals surface area contributed by atoms with Gasteiger partial charge in [-0.1, -0.05) is 16.8 Å². The van der Waals surface area contributed by atoms with Crippen molar-refractivity contribution >= 4 is 80.7 Å². The van der Waals surface area contributed by atoms with Crippen molar-refractivity contribution in [3.8, 4) is 11.5 Å². The van der Waals surface area contributed by atoms with E-state index in [-0.39, 0.29) is 45.4 Å². The largest absolute Gasteiger partial charge is 0.504 e. The van der Waals surface area contributed by atoms with Gasteiger partial charge in [0.25, 0.3) is 5.91 Å². The first-order chi connectivity index (χ1) is 25.8. The topological polar surface area (TPSA) is 267 Å². The van der Waals surface area contributed by atoms with E-state index in [1.165, 1.54) is 42.6 Å². The molecule has 7 rings (SSSR count). The summed E-state index contributed by atoms with van der Waals surface area (Å²) in [6.45, 7) is 3.22. The molecule has 0 spiro atoms. The molecule has 22 heteroatoms. The number of β-lactam (4-membered cyclic amide) rings is 1. The second-order valence-corrected chi connectivity index (χ2v) is 15.2. The number of nitrogens with zero attached hydrogens (tertiary/aromatic N) is 9. The fraction of sp³-hybridized carbons (Fsp3) is 0.344. The highest BCUT2D eigenvalue weighted by molar-refractivity contribution is 8.00. The number of oxime groups is 1. The summed E-state index contributed by atoms with van der Waals surface area (Å²) < 4.78 is 6.03. The summed E-state index contributed by atoms with van der Waals surface area (Å²) in [4.78, 5) is 65.2. The Morgan fingerprint density at radius 1 is 1.24 bits per heavy atom. The van der Waals surface area contributed by atoms with E-state index in [1.54, 1.807) is 11.0 Å². The van der Waals surface area contributed by atoms with E-state index >= 15 is 0 Å². The van der Waals surface area contributed by atoms with Crippen LogP contribution in [-0.2, 0) is 32.2 Å². The molecule has 0 saturated carbocycles. The van der Waals surface area contributed by atoms with E-state index in [4.69, 9.17) is 22.2 Å². The van der Waals surface area contributed by atoms with Crippen molar-refractivity contribution in [2.45, 2.75) is 50.6 Å². The number of rotatable bonds is 11. The number of halogens is 1. The molecular formula is C32H31ClN11O8S2+. The number of thioether (sulfide) groups is 1. The summed E-state index contributed by atoms with van der Waals surface area (Å²) in [5, 5.41) is 47.1. The number of Topliss-reactive ketones (excluding diaryl/α,β-unsaturated/α-hetero) is 1. The van der Waals surface area contributed by atoms with Crippen LogP contribution in [-0.4, -0.2) is 103 Å². The maximum Gasteiger partial charge on any atom is 0.350 e. The van der Waals surface area contributed by atoms with Gasteiger partial charge in [0.1, 0.15) is 5.69 Å². The number of H-pyrrole nitrogens is 1. The minimum Gasteiger partial charge on any atom is -0.504 e. The quantitative estimate of drug-likeness (QED) is 0.0476. The maximum atomic E-state index is 13.9. The Bertz CT molecular complexity index is 2260. The molecule has 0 unspecified atom stereocenters. The van der Waals surface area contributed by atoms with Gasteiger partial charge in [0.2, 0.25) is 28.9 Å². The number of phenols is 2. The molecule has 2 amide bonds. The maximum absolute atomic E-state index is 13.9. The van der Waals surface area contributed by atoms with Crippen molar-refractivity contribution in [1.82, 2.24) is 34.9 Å². The molecule has 4 aromatic rings. The van der Waals surface area contributed by atoms with Crippen LogP contribution in [0.3, 0.4) is 0 Å². The monoisotopic (exact) mass is 796 g/mol. The van der Waals surface area contributed by atoms with E-state index in [0.717, 1.165) is 22.8 Å². The van der Waals surface area contributed by atoms with E-state index in [0.29, 0.717) is 43.1 Å². The molecule has 6 heterocycles. The molecule has 2 atom stereocenters. The number of nitrogens with two attached hydrogens (primary N) is 1. The van der Waals surface area contributed by atoms with Crippen LogP contribution >= 0.6 is 34.9 Å². The minimum atomic E-state index is -1.77. The highest BCUT2D eigenvalue weighted by Gasteiger charge is 2.54. The van der Waals surface area contributed by atoms with Crippen LogP contribution in [0.1, 0.15) is 54.4 Å². The summed E-state index contributed by atoms with van der Waals surface area (Å²) in [6.07, 6.45) is 2.84. The zero-order chi connectivity index (χ0) is 38.5. The second-order valence-electron chi connectivity index (χ2n) is 13.0. The van der Waals surface area contributed by atoms with Gasteiger partial charge >= 0.3 is 5.97 Å². The van der Waals surface area contributed by atoms with Gasteiger partial charge in [0.05, 0.1) is 27.6 Å². The molecule has 280 valence electrons. The van der Waals surface area contributed by atoms with Crippen LogP contribution in [0.25, 0.3) is 5.70 Å². The smallest absolute Gasteiger partial charge is 0.350 e. The number of aromatic hydroxyl groups is 2. The fourth-order valence-corrected chi connectivity index (χ4v) is 8.38. The minimum absolute atomic E-state index is 0.0402. The molecule has 1 aromatic carbocycles. The Labute approximate surface area is 318 Å². The van der Waals surface area contributed by atoms with Crippen LogP contribution in [0.4, 0.5) is 10.8 Å². The van der Waals surface area contributed by atoms with Gasteiger partial charge in [-0.05, 0) is 43.7 Å². The number of nitrogen functional groups attached to an aromatic ring is 1. The van der Waals surface area contributed by atoms with E-state index in [9.17, 15) is 34.5 Å². The standard InChI is InChI=1S/C32H30ClN11O8S2/c1-32(2,30(50)51)52-38-22(25-35-31(34)54-39-25)20(46)11-16-28(49)44-23(26-36-40-41-37-26)14(13-53-29(16)44)12-42-9-3-6-18-17(42)5-4-10-43(18)27(48)15-7-8-19(45)24(47)21(15)33/h3,6-9,16,29H,4-5,10-13H2,1-2H3,(H5-,34,35,36,37,38,39,40,41,45,46,47,48,50,51)/p+1/t16-,29-/m1/s1. The molecular weight excluding hydrogens is 766 g/mol. The second kappa shape index (κ2) is 14.3. The first-order valence-electron chi connectivity index (χ1n) is 16.3. The molecule has 19 nitrogen and oxygen atoms in total. The molecule has 54 heavy (non-hydrogen) atoms. The molecule has 6 N–H and O–H groups in total. The lowest BCUT2D eigenvalue weighted by molar-refractivity contribution is -0.695. The van der Waals surface area contributed by atoms with E-state index in [1.807, 2.05) is 16.8 Å². The van der Waals surface area contributed by atoms with Crippen molar-refractivity contribution in [2.24, 2.45) is 11.1 Å². The van der Waals surface area contributed by atoms with Crippen LogP contribution < -0.4 is 15.2 Å². The Kier molecular flexibility index (Phi) is 9.70. The molecule has 3 aliphatic heterocycles. The predicted octanol–water partition coefficient (Wildman–Crippen LogP) is 1.76. The summed E-state index contributed by atoms with van der Waals surface area (Å²) in [5.41, 5.74) is 6.36. The highest BCUT2D eigenvalue weighted by atomic mass is 35.5. The fourth-order valence-electron chi connectivity index (χ4n) is 6.30. The number of pyridine rings is 1. The van der Waals surface area contributed by atoms with Gasteiger partial charge in [0, 0.05) is 48.3 Å². The predicted molar refractivity (Wildman–Crippen MR) is 192 cm³/mol. The number of carboxylic acids is 1. The number of carbonyl (C=O) groups excluding carboxylic acids is 3. The van der Waals surface area contributed by atoms with Gasteiger partial charge in [-0.2, -0.15) is 19.1 Å². The van der Waals surface area contributed by atoms with Crippen LogP contribution in [0.2, 0.25) is 5.02 Å². The number of aromatic nitrogens is 7. The van der Waals surface area contributed by atoms with Crippen LogP contribution in [0, 0.1) is 5.92 Å². The average molecular weight is 797 g/mol. The third-order valence-electron chi connectivity index (χ3n) is 9.10. The van der Waals surface area contributed by atoms with Crippen LogP contribution in [0.5, 0.6) is 11.5 Å². The van der Waals surface area contributed by atoms with Crippen LogP contribution in [0.15, 0.2) is 41.2 Å². The van der Waals surface area contributed by atoms with E-state index < -0.39 is 46.1 Å². The van der Waals surface area contributed by atoms with E-state index in [2.05, 4.69) is 35.1 Å². The number of aliphatic carboxylic acids is 1. The number of hydrogen-bond acceptors (Lipinski definition) is 16. The SMILES string of the molecule is CC(C)(O/N=C(\C(=O)C[C@@H]1C(=O)N2C(c3nn[nH]n3)=C(C[n+]3cccc4c3CCCN4C(=O)c3ccc(O)c(O)c3Cl)CS[C@H]12)c1nsc(N)n1)C(=O)O. The lowest BCUT2D eigenvalue weighted by atomic mass is 9.89. The third-order valence-corrected chi connectivity index (χ3v) is 11.4. The Morgan fingerprint density at radius 2 is 2.04 bits per heavy atom. The Balaban J connectivity index is 1.16. The summed E-state index contributed by atoms with van der Waals surface area (Å²) in [5.74, 6) is -4.11. The molecule has 0 aliphatic carbocycles. The summed E-state index contributed by atoms with van der Waals surface area (Å²) in [6, 6.07) is 6.19. The third kappa shape index (κ3) is 6.57. The van der Waals surface area contributed by atoms with Gasteiger partial charge in [-0.15, -0.1) is 22.0 Å². The zero-order valence-electron chi connectivity index (χ0n) is 28.5. The first-order valence-corrected chi connectivity index (χ1v) is 18.5. The summed E-state index contributed by atoms with van der Waals surface area (Å²) in [7, 11) is 0. The van der Waals surface area contributed by atoms with Gasteiger partial charge in [0.15, 0.2) is 40.9 Å². The summed E-state index contributed by atoms with van der Waals surface area (Å²) >= 11 is 8.51. The number of carboxylic acid groups (broad SMARTS) is 1. The van der Waals surface area contributed by atoms with Crippen molar-refractivity contribution in [3.05, 3.63) is 64.0 Å². The highest BCUT2D eigenvalue weighted by Crippen LogP contribution is 2.48. The lowest BCUT2D eigenvalue weighted by Gasteiger charge is -2.49. The number of ketones is 1. The number of anilines is 2. The van der Waals surface area contributed by atoms with Crippen molar-refractivity contribution in [1.29, 1.82) is 0 Å². The average Bonchev–Trinajstić information content (AvgIpc) is 3.85. The number of amides is 2. The van der Waals surface area contributed by atoms with Crippen molar-refractivity contribution in [3.63, 3.8) is 0 Å². The number of fused-ring (bicyclic) bond motifs is 2. The van der Waals surface area contributed by atoms with Crippen molar-refractivity contribution in [2.75, 3.05) is 22.9 Å². The Hall–Kier alpha value is -5.67. The van der Waals surface area contributed by atoms with Gasteiger partial charge < -0.3 is 30.8 Å². The number of benzene rings is 1. The Morgan fingerprint density at radius 3 is 2.74 bits per heavy atom. The molecule has 1 fully saturated rings. The first kappa shape index (κ1) is 36.7. The molecule has 3 aromatic heterocycles. The molecule has 0 bridgehead atoms. The number of nitrogens with one attached hydrogen (secondary N) is 1. The molecule has 0 radical (unpaired) electrons. The zero-order valence-corrected chi connectivity index (χ0v) is 30.9. The molecule has 3 aliphatic rings. The number of phenolic OH excluding ortho intramolecular Hbond substituents is 2. The van der Waals surface area contributed by atoms with Gasteiger partial charge in [-0.25, -0.2) is 4.79 Å². The number of carbonyl (C=O) groups is 4. The van der Waals surface area contributed by atoms with Gasteiger partial charge in [-0.3, -0.25) is 19.3 Å².